The number of amides is 1. The Bertz CT molecular complexity index is 989. The molecule has 0 saturated heterocycles. The molecule has 5 heteroatoms. The van der Waals surface area contributed by atoms with Gasteiger partial charge < -0.3 is 10.1 Å². The van der Waals surface area contributed by atoms with E-state index in [1.165, 1.54) is 16.7 Å². The third kappa shape index (κ3) is 4.27. The van der Waals surface area contributed by atoms with Gasteiger partial charge in [0.05, 0.1) is 0 Å². The van der Waals surface area contributed by atoms with Gasteiger partial charge in [-0.25, -0.2) is 0 Å². The van der Waals surface area contributed by atoms with Gasteiger partial charge in [-0.15, -0.1) is 0 Å². The molecule has 2 heterocycles. The Morgan fingerprint density at radius 3 is 2.73 bits per heavy atom. The van der Waals surface area contributed by atoms with Crippen LogP contribution in [0.25, 0.3) is 0 Å². The zero-order chi connectivity index (χ0) is 20.3. The molecule has 0 bridgehead atoms. The Kier molecular flexibility index (Phi) is 5.56. The van der Waals surface area contributed by atoms with Gasteiger partial charge in [0.2, 0.25) is 5.91 Å². The summed E-state index contributed by atoms with van der Waals surface area (Å²) >= 11 is 1.70. The Hall–Kier alpha value is -2.63. The standard InChI is InChI=1S/C25H26N2O2S/c28-25(22-14-21(22)18-6-2-1-3-7-18)26-11-12-27-15-19-8-4-5-9-23(19)29-24(16-27)20-10-13-30-17-20/h1-10,13,17,21-22,24H,11-12,14-16H2,(H,26,28)/t21-,22+,24?/m0/s1. The van der Waals surface area contributed by atoms with E-state index in [4.69, 9.17) is 4.74 Å². The molecule has 3 atom stereocenters. The molecule has 5 rings (SSSR count). The maximum Gasteiger partial charge on any atom is 0.223 e. The minimum absolute atomic E-state index is 0.0153. The second-order valence-electron chi connectivity index (χ2n) is 8.16. The lowest BCUT2D eigenvalue weighted by atomic mass is 10.1. The van der Waals surface area contributed by atoms with Gasteiger partial charge in [-0.1, -0.05) is 48.5 Å². The number of hydrogen-bond donors (Lipinski definition) is 1. The number of ether oxygens (including phenoxy) is 1. The van der Waals surface area contributed by atoms with Crippen molar-refractivity contribution in [1.29, 1.82) is 0 Å². The summed E-state index contributed by atoms with van der Waals surface area (Å²) in [6.07, 6.45) is 0.975. The van der Waals surface area contributed by atoms with Crippen molar-refractivity contribution in [2.24, 2.45) is 5.92 Å². The Balaban J connectivity index is 1.19. The Morgan fingerprint density at radius 2 is 1.90 bits per heavy atom. The number of carbonyl (C=O) groups excluding carboxylic acids is 1. The highest BCUT2D eigenvalue weighted by Gasteiger charge is 2.43. The number of nitrogens with zero attached hydrogens (tertiary/aromatic N) is 1. The fraction of sp³-hybridized carbons (Fsp3) is 0.320. The highest BCUT2D eigenvalue weighted by atomic mass is 32.1. The SMILES string of the molecule is O=C(NCCN1Cc2ccccc2OC(c2ccsc2)C1)[C@@H]1C[C@H]1c1ccccc1. The van der Waals surface area contributed by atoms with E-state index in [1.807, 2.05) is 24.3 Å². The summed E-state index contributed by atoms with van der Waals surface area (Å²) < 4.78 is 6.35. The van der Waals surface area contributed by atoms with Gasteiger partial charge in [-0.2, -0.15) is 11.3 Å². The Morgan fingerprint density at radius 1 is 1.07 bits per heavy atom. The zero-order valence-corrected chi connectivity index (χ0v) is 17.7. The van der Waals surface area contributed by atoms with Crippen molar-refractivity contribution in [3.63, 3.8) is 0 Å². The lowest BCUT2D eigenvalue weighted by molar-refractivity contribution is -0.122. The van der Waals surface area contributed by atoms with Gasteiger partial charge in [0.25, 0.3) is 0 Å². The number of rotatable bonds is 6. The van der Waals surface area contributed by atoms with E-state index in [1.54, 1.807) is 11.3 Å². The van der Waals surface area contributed by atoms with E-state index in [9.17, 15) is 4.79 Å². The average Bonchev–Trinajstić information content (AvgIpc) is 3.45. The van der Waals surface area contributed by atoms with E-state index in [0.29, 0.717) is 12.5 Å². The van der Waals surface area contributed by atoms with Crippen molar-refractivity contribution in [2.75, 3.05) is 19.6 Å². The van der Waals surface area contributed by atoms with Crippen LogP contribution in [0, 0.1) is 5.92 Å². The smallest absolute Gasteiger partial charge is 0.223 e. The molecule has 154 valence electrons. The van der Waals surface area contributed by atoms with Crippen LogP contribution in [-0.4, -0.2) is 30.4 Å². The summed E-state index contributed by atoms with van der Waals surface area (Å²) in [6.45, 7) is 3.13. The van der Waals surface area contributed by atoms with Gasteiger partial charge in [-0.05, 0) is 40.8 Å². The first-order chi connectivity index (χ1) is 14.8. The predicted octanol–water partition coefficient (Wildman–Crippen LogP) is 4.60. The maximum absolute atomic E-state index is 12.6. The van der Waals surface area contributed by atoms with Crippen molar-refractivity contribution in [3.8, 4) is 5.75 Å². The topological polar surface area (TPSA) is 41.6 Å². The van der Waals surface area contributed by atoms with Gasteiger partial charge in [0, 0.05) is 43.2 Å². The molecule has 1 aliphatic heterocycles. The van der Waals surface area contributed by atoms with Crippen LogP contribution in [0.15, 0.2) is 71.4 Å². The van der Waals surface area contributed by atoms with Gasteiger partial charge in [0.1, 0.15) is 11.9 Å². The minimum atomic E-state index is 0.0153. The maximum atomic E-state index is 12.6. The first-order valence-electron chi connectivity index (χ1n) is 10.6. The number of nitrogens with one attached hydrogen (secondary N) is 1. The van der Waals surface area contributed by atoms with Crippen molar-refractivity contribution in [2.45, 2.75) is 25.0 Å². The molecule has 3 aromatic rings. The lowest BCUT2D eigenvalue weighted by Crippen LogP contribution is -2.37. The van der Waals surface area contributed by atoms with Crippen molar-refractivity contribution in [1.82, 2.24) is 10.2 Å². The normalized spacial score (nSPS) is 23.1. The van der Waals surface area contributed by atoms with Crippen LogP contribution < -0.4 is 10.1 Å². The number of fused-ring (bicyclic) bond motifs is 1. The molecule has 1 aromatic heterocycles. The van der Waals surface area contributed by atoms with Crippen LogP contribution in [-0.2, 0) is 11.3 Å². The molecular weight excluding hydrogens is 392 g/mol. The molecule has 0 radical (unpaired) electrons. The monoisotopic (exact) mass is 418 g/mol. The summed E-state index contributed by atoms with van der Waals surface area (Å²) in [5.41, 5.74) is 3.69. The second-order valence-corrected chi connectivity index (χ2v) is 8.94. The zero-order valence-electron chi connectivity index (χ0n) is 16.9. The largest absolute Gasteiger partial charge is 0.484 e. The molecular formula is C25H26N2O2S. The summed E-state index contributed by atoms with van der Waals surface area (Å²) in [5, 5.41) is 7.42. The highest BCUT2D eigenvalue weighted by molar-refractivity contribution is 7.07. The number of benzene rings is 2. The number of carbonyl (C=O) groups is 1. The third-order valence-corrected chi connectivity index (χ3v) is 6.76. The molecule has 1 N–H and O–H groups in total. The quantitative estimate of drug-likeness (QED) is 0.636. The molecule has 2 aliphatic rings. The van der Waals surface area contributed by atoms with Crippen molar-refractivity contribution >= 4 is 17.2 Å². The van der Waals surface area contributed by atoms with Crippen LogP contribution in [0.5, 0.6) is 5.75 Å². The first-order valence-corrected chi connectivity index (χ1v) is 11.5. The number of para-hydroxylation sites is 1. The fourth-order valence-corrected chi connectivity index (χ4v) is 5.01. The van der Waals surface area contributed by atoms with E-state index in [-0.39, 0.29) is 17.9 Å². The molecule has 1 fully saturated rings. The van der Waals surface area contributed by atoms with Gasteiger partial charge in [0.15, 0.2) is 0 Å². The first kappa shape index (κ1) is 19.3. The molecule has 1 amide bonds. The van der Waals surface area contributed by atoms with E-state index in [2.05, 4.69) is 57.4 Å². The van der Waals surface area contributed by atoms with E-state index in [0.717, 1.165) is 31.8 Å². The molecule has 30 heavy (non-hydrogen) atoms. The second kappa shape index (κ2) is 8.62. The average molecular weight is 419 g/mol. The Labute approximate surface area is 181 Å². The van der Waals surface area contributed by atoms with Crippen LogP contribution >= 0.6 is 11.3 Å². The molecule has 1 unspecified atom stereocenters. The molecule has 4 nitrogen and oxygen atoms in total. The van der Waals surface area contributed by atoms with E-state index >= 15 is 0 Å². The van der Waals surface area contributed by atoms with Crippen molar-refractivity contribution < 1.29 is 9.53 Å². The lowest BCUT2D eigenvalue weighted by Gasteiger charge is -2.23. The highest BCUT2D eigenvalue weighted by Crippen LogP contribution is 2.47. The summed E-state index contributed by atoms with van der Waals surface area (Å²) in [4.78, 5) is 15.0. The van der Waals surface area contributed by atoms with Gasteiger partial charge >= 0.3 is 0 Å². The van der Waals surface area contributed by atoms with Gasteiger partial charge in [-0.3, -0.25) is 9.69 Å². The molecule has 1 aliphatic carbocycles. The van der Waals surface area contributed by atoms with Crippen LogP contribution in [0.2, 0.25) is 0 Å². The fourth-order valence-electron chi connectivity index (χ4n) is 4.30. The third-order valence-electron chi connectivity index (χ3n) is 6.06. The summed E-state index contributed by atoms with van der Waals surface area (Å²) in [5.74, 6) is 1.65. The van der Waals surface area contributed by atoms with Crippen LogP contribution in [0.3, 0.4) is 0 Å². The molecule has 1 saturated carbocycles. The minimum Gasteiger partial charge on any atom is -0.484 e. The summed E-state index contributed by atoms with van der Waals surface area (Å²) in [7, 11) is 0. The number of hydrogen-bond acceptors (Lipinski definition) is 4. The van der Waals surface area contributed by atoms with E-state index < -0.39 is 0 Å². The molecule has 2 aromatic carbocycles. The number of thiophene rings is 1. The van der Waals surface area contributed by atoms with Crippen LogP contribution in [0.4, 0.5) is 0 Å². The predicted molar refractivity (Wildman–Crippen MR) is 120 cm³/mol. The molecule has 0 spiro atoms. The summed E-state index contributed by atoms with van der Waals surface area (Å²) in [6, 6.07) is 20.8. The van der Waals surface area contributed by atoms with Crippen molar-refractivity contribution in [3.05, 3.63) is 88.1 Å². The van der Waals surface area contributed by atoms with Crippen LogP contribution in [0.1, 0.15) is 35.1 Å².